The molecule has 0 aromatic heterocycles. The first-order valence-corrected chi connectivity index (χ1v) is 7.87. The van der Waals surface area contributed by atoms with Gasteiger partial charge in [0.25, 0.3) is 0 Å². The van der Waals surface area contributed by atoms with Crippen molar-refractivity contribution in [2.75, 3.05) is 5.32 Å². The summed E-state index contributed by atoms with van der Waals surface area (Å²) in [5.41, 5.74) is 1.18. The fourth-order valence-electron chi connectivity index (χ4n) is 1.81. The minimum atomic E-state index is 0.558. The van der Waals surface area contributed by atoms with Crippen LogP contribution < -0.4 is 5.32 Å². The number of hydrogen-bond donors (Lipinski definition) is 1. The van der Waals surface area contributed by atoms with Crippen LogP contribution in [0, 0.1) is 5.92 Å². The number of anilines is 1. The van der Waals surface area contributed by atoms with E-state index < -0.39 is 0 Å². The first-order valence-electron chi connectivity index (χ1n) is 6.28. The summed E-state index contributed by atoms with van der Waals surface area (Å²) in [5, 5.41) is 3.62. The van der Waals surface area contributed by atoms with Gasteiger partial charge in [-0.2, -0.15) is 0 Å². The van der Waals surface area contributed by atoms with E-state index in [9.17, 15) is 0 Å². The second-order valence-electron chi connectivity index (χ2n) is 4.62. The van der Waals surface area contributed by atoms with Gasteiger partial charge in [-0.05, 0) is 52.9 Å². The van der Waals surface area contributed by atoms with E-state index in [-0.39, 0.29) is 0 Å². The van der Waals surface area contributed by atoms with Crippen LogP contribution in [-0.2, 0) is 0 Å². The van der Waals surface area contributed by atoms with Gasteiger partial charge >= 0.3 is 0 Å². The molecule has 0 spiro atoms. The SMILES string of the molecule is CCC(C)CC(CC)Nc1ccc(Br)cc1Br. The Morgan fingerprint density at radius 2 is 1.88 bits per heavy atom. The van der Waals surface area contributed by atoms with Crippen molar-refractivity contribution >= 4 is 37.5 Å². The lowest BCUT2D eigenvalue weighted by Gasteiger charge is -2.22. The van der Waals surface area contributed by atoms with E-state index in [1.807, 2.05) is 0 Å². The highest BCUT2D eigenvalue weighted by Crippen LogP contribution is 2.28. The highest BCUT2D eigenvalue weighted by Gasteiger charge is 2.11. The third-order valence-electron chi connectivity index (χ3n) is 3.17. The zero-order chi connectivity index (χ0) is 12.8. The maximum atomic E-state index is 3.62. The fraction of sp³-hybridized carbons (Fsp3) is 0.571. The molecule has 0 aliphatic rings. The molecular weight excluding hydrogens is 342 g/mol. The van der Waals surface area contributed by atoms with Crippen LogP contribution in [0.5, 0.6) is 0 Å². The van der Waals surface area contributed by atoms with Gasteiger partial charge in [0.2, 0.25) is 0 Å². The van der Waals surface area contributed by atoms with E-state index >= 15 is 0 Å². The number of nitrogens with one attached hydrogen (secondary N) is 1. The second kappa shape index (κ2) is 7.42. The Bertz CT molecular complexity index is 352. The molecule has 0 aliphatic heterocycles. The van der Waals surface area contributed by atoms with Gasteiger partial charge in [-0.1, -0.05) is 43.1 Å². The highest BCUT2D eigenvalue weighted by molar-refractivity contribution is 9.11. The number of halogens is 2. The van der Waals surface area contributed by atoms with Crippen molar-refractivity contribution in [3.05, 3.63) is 27.1 Å². The maximum absolute atomic E-state index is 3.62. The van der Waals surface area contributed by atoms with Gasteiger partial charge in [0, 0.05) is 20.7 Å². The molecule has 0 saturated heterocycles. The average molecular weight is 363 g/mol. The summed E-state index contributed by atoms with van der Waals surface area (Å²) < 4.78 is 2.22. The largest absolute Gasteiger partial charge is 0.381 e. The molecule has 0 fully saturated rings. The van der Waals surface area contributed by atoms with Crippen LogP contribution in [0.3, 0.4) is 0 Å². The predicted octanol–water partition coefficient (Wildman–Crippen LogP) is 5.84. The lowest BCUT2D eigenvalue weighted by molar-refractivity contribution is 0.461. The molecule has 0 heterocycles. The van der Waals surface area contributed by atoms with Gasteiger partial charge in [0.15, 0.2) is 0 Å². The van der Waals surface area contributed by atoms with Crippen LogP contribution in [0.2, 0.25) is 0 Å². The molecule has 1 aromatic rings. The van der Waals surface area contributed by atoms with Crippen molar-refractivity contribution in [2.45, 2.75) is 46.1 Å². The molecule has 3 heteroatoms. The third kappa shape index (κ3) is 5.01. The highest BCUT2D eigenvalue weighted by atomic mass is 79.9. The lowest BCUT2D eigenvalue weighted by atomic mass is 9.97. The van der Waals surface area contributed by atoms with Gasteiger partial charge in [-0.25, -0.2) is 0 Å². The third-order valence-corrected chi connectivity index (χ3v) is 4.32. The number of hydrogen-bond acceptors (Lipinski definition) is 1. The van der Waals surface area contributed by atoms with Crippen molar-refractivity contribution in [3.63, 3.8) is 0 Å². The molecule has 1 N–H and O–H groups in total. The fourth-order valence-corrected chi connectivity index (χ4v) is 2.97. The van der Waals surface area contributed by atoms with E-state index in [1.54, 1.807) is 0 Å². The van der Waals surface area contributed by atoms with Crippen molar-refractivity contribution in [1.29, 1.82) is 0 Å². The molecule has 96 valence electrons. The summed E-state index contributed by atoms with van der Waals surface area (Å²) in [6.45, 7) is 6.82. The summed E-state index contributed by atoms with van der Waals surface area (Å²) in [4.78, 5) is 0. The molecule has 0 amide bonds. The van der Waals surface area contributed by atoms with E-state index in [0.717, 1.165) is 21.3 Å². The van der Waals surface area contributed by atoms with E-state index in [1.165, 1.54) is 18.5 Å². The van der Waals surface area contributed by atoms with Gasteiger partial charge in [0.05, 0.1) is 0 Å². The summed E-state index contributed by atoms with van der Waals surface area (Å²) in [5.74, 6) is 0.779. The lowest BCUT2D eigenvalue weighted by Crippen LogP contribution is -2.21. The Labute approximate surface area is 122 Å². The Kier molecular flexibility index (Phi) is 6.57. The van der Waals surface area contributed by atoms with E-state index in [0.29, 0.717) is 6.04 Å². The molecule has 0 saturated carbocycles. The monoisotopic (exact) mass is 361 g/mol. The molecular formula is C14H21Br2N. The van der Waals surface area contributed by atoms with Crippen LogP contribution in [0.4, 0.5) is 5.69 Å². The zero-order valence-corrected chi connectivity index (χ0v) is 13.9. The van der Waals surface area contributed by atoms with E-state index in [2.05, 4.69) is 76.1 Å². The summed E-state index contributed by atoms with van der Waals surface area (Å²) in [6.07, 6.45) is 3.64. The van der Waals surface area contributed by atoms with Crippen LogP contribution in [0.1, 0.15) is 40.0 Å². The number of benzene rings is 1. The molecule has 1 nitrogen and oxygen atoms in total. The predicted molar refractivity (Wildman–Crippen MR) is 83.6 cm³/mol. The van der Waals surface area contributed by atoms with Gasteiger partial charge < -0.3 is 5.32 Å². The molecule has 0 bridgehead atoms. The minimum Gasteiger partial charge on any atom is -0.381 e. The van der Waals surface area contributed by atoms with Gasteiger partial charge in [0.1, 0.15) is 0 Å². The molecule has 1 rings (SSSR count). The quantitative estimate of drug-likeness (QED) is 0.670. The van der Waals surface area contributed by atoms with Crippen LogP contribution in [0.25, 0.3) is 0 Å². The summed E-state index contributed by atoms with van der Waals surface area (Å²) in [6, 6.07) is 6.83. The minimum absolute atomic E-state index is 0.558. The maximum Gasteiger partial charge on any atom is 0.0487 e. The smallest absolute Gasteiger partial charge is 0.0487 e. The van der Waals surface area contributed by atoms with Crippen LogP contribution in [-0.4, -0.2) is 6.04 Å². The van der Waals surface area contributed by atoms with E-state index in [4.69, 9.17) is 0 Å². The topological polar surface area (TPSA) is 12.0 Å². The molecule has 2 unspecified atom stereocenters. The second-order valence-corrected chi connectivity index (χ2v) is 6.39. The standard InChI is InChI=1S/C14H21Br2N/c1-4-10(3)8-12(5-2)17-14-7-6-11(15)9-13(14)16/h6-7,9-10,12,17H,4-5,8H2,1-3H3. The molecule has 0 radical (unpaired) electrons. The summed E-state index contributed by atoms with van der Waals surface area (Å²) >= 11 is 7.07. The van der Waals surface area contributed by atoms with Crippen molar-refractivity contribution in [2.24, 2.45) is 5.92 Å². The zero-order valence-electron chi connectivity index (χ0n) is 10.8. The normalized spacial score (nSPS) is 14.4. The van der Waals surface area contributed by atoms with Gasteiger partial charge in [-0.15, -0.1) is 0 Å². The molecule has 1 aromatic carbocycles. The Balaban J connectivity index is 2.67. The first-order chi connectivity index (χ1) is 8.06. The average Bonchev–Trinajstić information content (AvgIpc) is 2.31. The van der Waals surface area contributed by atoms with Crippen molar-refractivity contribution in [3.8, 4) is 0 Å². The molecule has 0 aliphatic carbocycles. The Morgan fingerprint density at radius 1 is 1.18 bits per heavy atom. The van der Waals surface area contributed by atoms with Crippen molar-refractivity contribution in [1.82, 2.24) is 0 Å². The van der Waals surface area contributed by atoms with Crippen LogP contribution in [0.15, 0.2) is 27.1 Å². The Hall–Kier alpha value is -0.0200. The summed E-state index contributed by atoms with van der Waals surface area (Å²) in [7, 11) is 0. The first kappa shape index (κ1) is 15.0. The molecule has 17 heavy (non-hydrogen) atoms. The number of rotatable bonds is 6. The van der Waals surface area contributed by atoms with Gasteiger partial charge in [-0.3, -0.25) is 0 Å². The van der Waals surface area contributed by atoms with Crippen molar-refractivity contribution < 1.29 is 0 Å². The van der Waals surface area contributed by atoms with Crippen LogP contribution >= 0.6 is 31.9 Å². The molecule has 2 atom stereocenters. The Morgan fingerprint density at radius 3 is 2.41 bits per heavy atom.